The second-order valence-electron chi connectivity index (χ2n) is 5.51. The molecule has 0 atom stereocenters. The Morgan fingerprint density at radius 3 is 2.71 bits per heavy atom. The number of pyridine rings is 1. The van der Waals surface area contributed by atoms with Crippen LogP contribution < -0.4 is 5.32 Å². The van der Waals surface area contributed by atoms with Gasteiger partial charge < -0.3 is 5.32 Å². The number of para-hydroxylation sites is 1. The summed E-state index contributed by atoms with van der Waals surface area (Å²) in [6.07, 6.45) is 0.609. The van der Waals surface area contributed by atoms with Crippen molar-refractivity contribution in [2.45, 2.75) is 20.3 Å². The van der Waals surface area contributed by atoms with Gasteiger partial charge in [0.05, 0.1) is 22.5 Å². The van der Waals surface area contributed by atoms with E-state index in [1.165, 1.54) is 18.2 Å². The number of nitrogens with one attached hydrogen (secondary N) is 1. The predicted molar refractivity (Wildman–Crippen MR) is 95.2 cm³/mol. The van der Waals surface area contributed by atoms with Gasteiger partial charge in [-0.15, -0.1) is 0 Å². The number of amides is 1. The molecule has 1 N–H and O–H groups in total. The van der Waals surface area contributed by atoms with Crippen molar-refractivity contribution in [3.05, 3.63) is 70.1 Å². The molecule has 3 nitrogen and oxygen atoms in total. The van der Waals surface area contributed by atoms with Crippen LogP contribution in [-0.2, 0) is 6.42 Å². The van der Waals surface area contributed by atoms with Crippen LogP contribution in [0, 0.1) is 12.7 Å². The first-order valence-electron chi connectivity index (χ1n) is 7.66. The standard InChI is InChI=1S/C19H16ClFN2O/c1-3-15-18(11(2)13-6-4-5-7-16(13)22-15)19(24)23-17-9-8-12(20)10-14(17)21/h4-10H,3H2,1-2H3,(H,23,24). The van der Waals surface area contributed by atoms with Crippen molar-refractivity contribution in [3.63, 3.8) is 0 Å². The molecule has 3 aromatic rings. The lowest BCUT2D eigenvalue weighted by atomic mass is 9.99. The first kappa shape index (κ1) is 16.4. The van der Waals surface area contributed by atoms with Gasteiger partial charge in [-0.05, 0) is 43.2 Å². The molecule has 0 saturated carbocycles. The van der Waals surface area contributed by atoms with Gasteiger partial charge >= 0.3 is 0 Å². The molecule has 0 aliphatic heterocycles. The van der Waals surface area contributed by atoms with Gasteiger partial charge in [-0.2, -0.15) is 0 Å². The smallest absolute Gasteiger partial charge is 0.257 e. The highest BCUT2D eigenvalue weighted by Gasteiger charge is 2.19. The van der Waals surface area contributed by atoms with Crippen LogP contribution in [-0.4, -0.2) is 10.9 Å². The predicted octanol–water partition coefficient (Wildman–Crippen LogP) is 5.15. The number of anilines is 1. The Labute approximate surface area is 144 Å². The van der Waals surface area contributed by atoms with Crippen molar-refractivity contribution >= 4 is 34.1 Å². The van der Waals surface area contributed by atoms with E-state index in [0.717, 1.165) is 16.5 Å². The van der Waals surface area contributed by atoms with Crippen LogP contribution in [0.25, 0.3) is 10.9 Å². The molecule has 0 aliphatic rings. The number of carbonyl (C=O) groups excluding carboxylic acids is 1. The average Bonchev–Trinajstić information content (AvgIpc) is 2.57. The number of carbonyl (C=O) groups is 1. The van der Waals surface area contributed by atoms with E-state index >= 15 is 0 Å². The van der Waals surface area contributed by atoms with Gasteiger partial charge in [-0.3, -0.25) is 9.78 Å². The quantitative estimate of drug-likeness (QED) is 0.715. The van der Waals surface area contributed by atoms with Crippen molar-refractivity contribution in [1.82, 2.24) is 4.98 Å². The molecular formula is C19H16ClFN2O. The number of rotatable bonds is 3. The van der Waals surface area contributed by atoms with Crippen LogP contribution >= 0.6 is 11.6 Å². The van der Waals surface area contributed by atoms with Crippen LogP contribution in [0.3, 0.4) is 0 Å². The Kier molecular flexibility index (Phi) is 4.49. The van der Waals surface area contributed by atoms with E-state index in [2.05, 4.69) is 10.3 Å². The third-order valence-electron chi connectivity index (χ3n) is 3.97. The van der Waals surface area contributed by atoms with E-state index in [4.69, 9.17) is 11.6 Å². The fourth-order valence-electron chi connectivity index (χ4n) is 2.77. The summed E-state index contributed by atoms with van der Waals surface area (Å²) in [6, 6.07) is 11.8. The third-order valence-corrected chi connectivity index (χ3v) is 4.20. The van der Waals surface area contributed by atoms with Crippen LogP contribution in [0.4, 0.5) is 10.1 Å². The number of halogens is 2. The van der Waals surface area contributed by atoms with Gasteiger partial charge in [0.2, 0.25) is 0 Å². The lowest BCUT2D eigenvalue weighted by Gasteiger charge is -2.14. The molecule has 0 bridgehead atoms. The second kappa shape index (κ2) is 6.57. The number of nitrogens with zero attached hydrogens (tertiary/aromatic N) is 1. The number of benzene rings is 2. The molecule has 0 unspecified atom stereocenters. The van der Waals surface area contributed by atoms with Crippen LogP contribution in [0.2, 0.25) is 5.02 Å². The minimum atomic E-state index is -0.569. The molecule has 24 heavy (non-hydrogen) atoms. The Bertz CT molecular complexity index is 940. The molecule has 2 aromatic carbocycles. The maximum Gasteiger partial charge on any atom is 0.257 e. The summed E-state index contributed by atoms with van der Waals surface area (Å²) in [5, 5.41) is 3.82. The third kappa shape index (κ3) is 2.97. The van der Waals surface area contributed by atoms with Gasteiger partial charge in [-0.1, -0.05) is 36.7 Å². The van der Waals surface area contributed by atoms with Crippen LogP contribution in [0.1, 0.15) is 28.5 Å². The maximum atomic E-state index is 13.9. The lowest BCUT2D eigenvalue weighted by Crippen LogP contribution is -2.18. The molecule has 0 fully saturated rings. The highest BCUT2D eigenvalue weighted by atomic mass is 35.5. The van der Waals surface area contributed by atoms with Gasteiger partial charge in [-0.25, -0.2) is 4.39 Å². The number of hydrogen-bond acceptors (Lipinski definition) is 2. The van der Waals surface area contributed by atoms with Crippen molar-refractivity contribution in [2.24, 2.45) is 0 Å². The van der Waals surface area contributed by atoms with E-state index < -0.39 is 5.82 Å². The van der Waals surface area contributed by atoms with Crippen LogP contribution in [0.15, 0.2) is 42.5 Å². The second-order valence-corrected chi connectivity index (χ2v) is 5.94. The first-order chi connectivity index (χ1) is 11.5. The zero-order valence-electron chi connectivity index (χ0n) is 13.4. The molecule has 122 valence electrons. The number of aryl methyl sites for hydroxylation is 2. The van der Waals surface area contributed by atoms with Crippen molar-refractivity contribution < 1.29 is 9.18 Å². The molecular weight excluding hydrogens is 327 g/mol. The van der Waals surface area contributed by atoms with Crippen molar-refractivity contribution in [3.8, 4) is 0 Å². The summed E-state index contributed by atoms with van der Waals surface area (Å²) in [5.41, 5.74) is 2.97. The largest absolute Gasteiger partial charge is 0.319 e. The molecule has 5 heteroatoms. The molecule has 0 spiro atoms. The number of hydrogen-bond donors (Lipinski definition) is 1. The zero-order chi connectivity index (χ0) is 17.3. The highest BCUT2D eigenvalue weighted by Crippen LogP contribution is 2.25. The molecule has 0 aliphatic carbocycles. The highest BCUT2D eigenvalue weighted by molar-refractivity contribution is 6.30. The molecule has 0 radical (unpaired) electrons. The summed E-state index contributed by atoms with van der Waals surface area (Å²) in [4.78, 5) is 17.3. The van der Waals surface area contributed by atoms with E-state index in [1.807, 2.05) is 38.1 Å². The SMILES string of the molecule is CCc1nc2ccccc2c(C)c1C(=O)Nc1ccc(Cl)cc1F. The van der Waals surface area contributed by atoms with E-state index in [1.54, 1.807) is 0 Å². The molecule has 1 aromatic heterocycles. The average molecular weight is 343 g/mol. The number of aromatic nitrogens is 1. The van der Waals surface area contributed by atoms with Crippen molar-refractivity contribution in [2.75, 3.05) is 5.32 Å². The molecule has 0 saturated heterocycles. The minimum Gasteiger partial charge on any atom is -0.319 e. The summed E-state index contributed by atoms with van der Waals surface area (Å²) < 4.78 is 13.9. The Morgan fingerprint density at radius 2 is 2.00 bits per heavy atom. The Balaban J connectivity index is 2.07. The summed E-state index contributed by atoms with van der Waals surface area (Å²) >= 11 is 5.75. The van der Waals surface area contributed by atoms with Gasteiger partial charge in [0.1, 0.15) is 5.82 Å². The molecule has 1 heterocycles. The Hall–Kier alpha value is -2.46. The van der Waals surface area contributed by atoms with Crippen LogP contribution in [0.5, 0.6) is 0 Å². The molecule has 3 rings (SSSR count). The van der Waals surface area contributed by atoms with E-state index in [9.17, 15) is 9.18 Å². The zero-order valence-corrected chi connectivity index (χ0v) is 14.1. The Morgan fingerprint density at radius 1 is 1.25 bits per heavy atom. The van der Waals surface area contributed by atoms with Gasteiger partial charge in [0, 0.05) is 10.4 Å². The van der Waals surface area contributed by atoms with Gasteiger partial charge in [0.15, 0.2) is 0 Å². The summed E-state index contributed by atoms with van der Waals surface area (Å²) in [6.45, 7) is 3.83. The van der Waals surface area contributed by atoms with E-state index in [0.29, 0.717) is 17.7 Å². The summed E-state index contributed by atoms with van der Waals surface area (Å²) in [7, 11) is 0. The monoisotopic (exact) mass is 342 g/mol. The number of fused-ring (bicyclic) bond motifs is 1. The molecule has 1 amide bonds. The van der Waals surface area contributed by atoms with Crippen molar-refractivity contribution in [1.29, 1.82) is 0 Å². The first-order valence-corrected chi connectivity index (χ1v) is 8.03. The topological polar surface area (TPSA) is 42.0 Å². The normalized spacial score (nSPS) is 10.8. The van der Waals surface area contributed by atoms with Gasteiger partial charge in [0.25, 0.3) is 5.91 Å². The fraction of sp³-hybridized carbons (Fsp3) is 0.158. The lowest BCUT2D eigenvalue weighted by molar-refractivity contribution is 0.102. The minimum absolute atomic E-state index is 0.0963. The maximum absolute atomic E-state index is 13.9. The van der Waals surface area contributed by atoms with E-state index in [-0.39, 0.29) is 16.6 Å². The summed E-state index contributed by atoms with van der Waals surface area (Å²) in [5.74, 6) is -0.941. The fourth-order valence-corrected chi connectivity index (χ4v) is 2.93.